The van der Waals surface area contributed by atoms with Crippen LogP contribution in [-0.2, 0) is 9.59 Å². The molecule has 0 spiro atoms. The lowest BCUT2D eigenvalue weighted by Gasteiger charge is -2.23. The molecular weight excluding hydrogens is 288 g/mol. The van der Waals surface area contributed by atoms with E-state index in [0.717, 1.165) is 28.1 Å². The van der Waals surface area contributed by atoms with Crippen molar-refractivity contribution < 1.29 is 9.59 Å². The Labute approximate surface area is 137 Å². The van der Waals surface area contributed by atoms with Gasteiger partial charge in [0.25, 0.3) is 0 Å². The SMILES string of the molecule is CC(=O)N(CC(=O)Nc1ccc(C)cc1)c1ccc(C)cc1C. The number of hydrogen-bond acceptors (Lipinski definition) is 2. The third kappa shape index (κ3) is 4.42. The molecule has 0 aliphatic rings. The fraction of sp³-hybridized carbons (Fsp3) is 0.263. The predicted molar refractivity (Wildman–Crippen MR) is 93.8 cm³/mol. The highest BCUT2D eigenvalue weighted by atomic mass is 16.2. The van der Waals surface area contributed by atoms with Gasteiger partial charge in [0, 0.05) is 18.3 Å². The van der Waals surface area contributed by atoms with Gasteiger partial charge in [0.05, 0.1) is 0 Å². The van der Waals surface area contributed by atoms with Crippen molar-refractivity contribution in [3.8, 4) is 0 Å². The standard InChI is InChI=1S/C19H22N2O2/c1-13-5-8-17(9-6-13)20-19(23)12-21(16(4)22)18-10-7-14(2)11-15(18)3/h5-11H,12H2,1-4H3,(H,20,23). The van der Waals surface area contributed by atoms with Gasteiger partial charge >= 0.3 is 0 Å². The summed E-state index contributed by atoms with van der Waals surface area (Å²) in [5.74, 6) is -0.375. The van der Waals surface area contributed by atoms with Crippen LogP contribution in [0.5, 0.6) is 0 Å². The van der Waals surface area contributed by atoms with E-state index < -0.39 is 0 Å². The number of nitrogens with zero attached hydrogens (tertiary/aromatic N) is 1. The molecule has 0 aliphatic carbocycles. The summed E-state index contributed by atoms with van der Waals surface area (Å²) < 4.78 is 0. The zero-order valence-corrected chi connectivity index (χ0v) is 14.0. The second-order valence-corrected chi connectivity index (χ2v) is 5.81. The number of aryl methyl sites for hydroxylation is 3. The maximum Gasteiger partial charge on any atom is 0.244 e. The zero-order valence-electron chi connectivity index (χ0n) is 14.0. The molecule has 0 heterocycles. The summed E-state index contributed by atoms with van der Waals surface area (Å²) >= 11 is 0. The van der Waals surface area contributed by atoms with Gasteiger partial charge in [-0.25, -0.2) is 0 Å². The Morgan fingerprint density at radius 2 is 1.57 bits per heavy atom. The molecule has 0 radical (unpaired) electrons. The van der Waals surface area contributed by atoms with Gasteiger partial charge < -0.3 is 10.2 Å². The maximum atomic E-state index is 12.3. The predicted octanol–water partition coefficient (Wildman–Crippen LogP) is 3.60. The molecule has 4 nitrogen and oxygen atoms in total. The Morgan fingerprint density at radius 1 is 0.957 bits per heavy atom. The molecule has 0 atom stereocenters. The normalized spacial score (nSPS) is 10.3. The van der Waals surface area contributed by atoms with Gasteiger partial charge in [-0.1, -0.05) is 35.4 Å². The molecule has 0 aliphatic heterocycles. The Morgan fingerprint density at radius 3 is 2.13 bits per heavy atom. The number of anilines is 2. The minimum Gasteiger partial charge on any atom is -0.325 e. The summed E-state index contributed by atoms with van der Waals surface area (Å²) in [5, 5.41) is 2.82. The van der Waals surface area contributed by atoms with E-state index in [4.69, 9.17) is 0 Å². The molecule has 0 aromatic heterocycles. The van der Waals surface area contributed by atoms with E-state index in [1.165, 1.54) is 11.8 Å². The van der Waals surface area contributed by atoms with Gasteiger partial charge in [-0.3, -0.25) is 9.59 Å². The van der Waals surface area contributed by atoms with Crippen LogP contribution in [0.3, 0.4) is 0 Å². The first kappa shape index (κ1) is 16.7. The maximum absolute atomic E-state index is 12.3. The number of rotatable bonds is 4. The van der Waals surface area contributed by atoms with Gasteiger partial charge in [-0.2, -0.15) is 0 Å². The molecule has 0 saturated carbocycles. The lowest BCUT2D eigenvalue weighted by Crippen LogP contribution is -2.37. The van der Waals surface area contributed by atoms with Crippen LogP contribution in [0.2, 0.25) is 0 Å². The highest BCUT2D eigenvalue weighted by molar-refractivity contribution is 6.02. The number of carbonyl (C=O) groups excluding carboxylic acids is 2. The first-order valence-corrected chi connectivity index (χ1v) is 7.58. The van der Waals surface area contributed by atoms with E-state index in [1.54, 1.807) is 0 Å². The smallest absolute Gasteiger partial charge is 0.244 e. The van der Waals surface area contributed by atoms with Crippen LogP contribution in [0.15, 0.2) is 42.5 Å². The Hall–Kier alpha value is -2.62. The Bertz CT molecular complexity index is 721. The van der Waals surface area contributed by atoms with Crippen LogP contribution in [0.1, 0.15) is 23.6 Å². The van der Waals surface area contributed by atoms with Crippen molar-refractivity contribution in [1.82, 2.24) is 0 Å². The molecule has 4 heteroatoms. The Balaban J connectivity index is 2.14. The highest BCUT2D eigenvalue weighted by Crippen LogP contribution is 2.21. The van der Waals surface area contributed by atoms with Crippen LogP contribution in [0.4, 0.5) is 11.4 Å². The molecule has 2 rings (SSSR count). The zero-order chi connectivity index (χ0) is 17.0. The highest BCUT2D eigenvalue weighted by Gasteiger charge is 2.17. The van der Waals surface area contributed by atoms with Crippen LogP contribution >= 0.6 is 0 Å². The van der Waals surface area contributed by atoms with Crippen molar-refractivity contribution in [2.75, 3.05) is 16.8 Å². The minimum atomic E-state index is -0.218. The summed E-state index contributed by atoms with van der Waals surface area (Å²) in [7, 11) is 0. The lowest BCUT2D eigenvalue weighted by molar-refractivity contribution is -0.120. The van der Waals surface area contributed by atoms with E-state index in [2.05, 4.69) is 5.32 Å². The minimum absolute atomic E-state index is 0.00683. The second kappa shape index (κ2) is 7.09. The average Bonchev–Trinajstić information content (AvgIpc) is 2.48. The fourth-order valence-corrected chi connectivity index (χ4v) is 2.46. The summed E-state index contributed by atoms with van der Waals surface area (Å²) in [6.07, 6.45) is 0. The monoisotopic (exact) mass is 310 g/mol. The van der Waals surface area contributed by atoms with E-state index in [-0.39, 0.29) is 18.4 Å². The quantitative estimate of drug-likeness (QED) is 0.938. The van der Waals surface area contributed by atoms with Gasteiger partial charge in [0.2, 0.25) is 11.8 Å². The van der Waals surface area contributed by atoms with Crippen molar-refractivity contribution in [2.24, 2.45) is 0 Å². The van der Waals surface area contributed by atoms with E-state index in [1.807, 2.05) is 63.2 Å². The van der Waals surface area contributed by atoms with Crippen LogP contribution < -0.4 is 10.2 Å². The lowest BCUT2D eigenvalue weighted by atomic mass is 10.1. The van der Waals surface area contributed by atoms with Crippen LogP contribution in [0, 0.1) is 20.8 Å². The summed E-state index contributed by atoms with van der Waals surface area (Å²) in [5.41, 5.74) is 4.72. The second-order valence-electron chi connectivity index (χ2n) is 5.81. The van der Waals surface area contributed by atoms with Crippen molar-refractivity contribution in [3.05, 3.63) is 59.2 Å². The summed E-state index contributed by atoms with van der Waals surface area (Å²) in [6, 6.07) is 13.4. The molecule has 0 saturated heterocycles. The molecule has 2 aromatic carbocycles. The molecule has 2 aromatic rings. The van der Waals surface area contributed by atoms with Gasteiger partial charge in [-0.15, -0.1) is 0 Å². The largest absolute Gasteiger partial charge is 0.325 e. The van der Waals surface area contributed by atoms with Gasteiger partial charge in [-0.05, 0) is 44.5 Å². The third-order valence-electron chi connectivity index (χ3n) is 3.66. The van der Waals surface area contributed by atoms with Crippen molar-refractivity contribution in [1.29, 1.82) is 0 Å². The molecule has 23 heavy (non-hydrogen) atoms. The van der Waals surface area contributed by atoms with Gasteiger partial charge in [0.1, 0.15) is 6.54 Å². The molecule has 120 valence electrons. The van der Waals surface area contributed by atoms with Crippen LogP contribution in [0.25, 0.3) is 0 Å². The van der Waals surface area contributed by atoms with E-state index in [0.29, 0.717) is 0 Å². The third-order valence-corrected chi connectivity index (χ3v) is 3.66. The van der Waals surface area contributed by atoms with E-state index >= 15 is 0 Å². The average molecular weight is 310 g/mol. The summed E-state index contributed by atoms with van der Waals surface area (Å²) in [4.78, 5) is 25.7. The topological polar surface area (TPSA) is 49.4 Å². The number of nitrogens with one attached hydrogen (secondary N) is 1. The molecule has 2 amide bonds. The Kier molecular flexibility index (Phi) is 5.16. The van der Waals surface area contributed by atoms with Crippen LogP contribution in [-0.4, -0.2) is 18.4 Å². The number of benzene rings is 2. The fourth-order valence-electron chi connectivity index (χ4n) is 2.46. The first-order chi connectivity index (χ1) is 10.9. The number of amides is 2. The molecule has 1 N–H and O–H groups in total. The number of hydrogen-bond donors (Lipinski definition) is 1. The molecule has 0 fully saturated rings. The first-order valence-electron chi connectivity index (χ1n) is 7.58. The molecule has 0 bridgehead atoms. The van der Waals surface area contributed by atoms with E-state index in [9.17, 15) is 9.59 Å². The number of carbonyl (C=O) groups is 2. The van der Waals surface area contributed by atoms with Gasteiger partial charge in [0.15, 0.2) is 0 Å². The van der Waals surface area contributed by atoms with Crippen molar-refractivity contribution >= 4 is 23.2 Å². The summed E-state index contributed by atoms with van der Waals surface area (Å²) in [6.45, 7) is 7.39. The van der Waals surface area contributed by atoms with Crippen molar-refractivity contribution in [2.45, 2.75) is 27.7 Å². The molecule has 0 unspecified atom stereocenters. The van der Waals surface area contributed by atoms with Crippen molar-refractivity contribution in [3.63, 3.8) is 0 Å². The molecular formula is C19H22N2O2.